The second-order valence-electron chi connectivity index (χ2n) is 3.39. The highest BCUT2D eigenvalue weighted by Gasteiger charge is 2.04. The van der Waals surface area contributed by atoms with E-state index in [4.69, 9.17) is 5.73 Å². The first-order chi connectivity index (χ1) is 6.16. The van der Waals surface area contributed by atoms with Crippen LogP contribution in [0.15, 0.2) is 12.1 Å². The van der Waals surface area contributed by atoms with E-state index in [2.05, 4.69) is 6.92 Å². The van der Waals surface area contributed by atoms with Crippen molar-refractivity contribution in [1.82, 2.24) is 0 Å². The summed E-state index contributed by atoms with van der Waals surface area (Å²) in [6.45, 7) is 4.00. The predicted molar refractivity (Wildman–Crippen MR) is 55.9 cm³/mol. The van der Waals surface area contributed by atoms with E-state index in [-0.39, 0.29) is 5.75 Å². The highest BCUT2D eigenvalue weighted by Crippen LogP contribution is 2.26. The van der Waals surface area contributed by atoms with Gasteiger partial charge in [0.05, 0.1) is 0 Å². The number of hydrogen-bond donors (Lipinski definition) is 2. The standard InChI is InChI=1S/C11H17NO/c1-3-4-5-9-6-7-10(13)8(2)11(9)12/h6-7,13H,3-5,12H2,1-2H3. The van der Waals surface area contributed by atoms with Crippen molar-refractivity contribution >= 4 is 5.69 Å². The quantitative estimate of drug-likeness (QED) is 0.701. The smallest absolute Gasteiger partial charge is 0.120 e. The van der Waals surface area contributed by atoms with E-state index in [0.29, 0.717) is 0 Å². The van der Waals surface area contributed by atoms with Gasteiger partial charge in [-0.3, -0.25) is 0 Å². The first-order valence-electron chi connectivity index (χ1n) is 4.73. The molecule has 2 nitrogen and oxygen atoms in total. The van der Waals surface area contributed by atoms with E-state index in [1.165, 1.54) is 6.42 Å². The van der Waals surface area contributed by atoms with Crippen LogP contribution in [-0.2, 0) is 6.42 Å². The molecule has 1 aromatic carbocycles. The highest BCUT2D eigenvalue weighted by atomic mass is 16.3. The molecule has 0 aliphatic carbocycles. The molecule has 72 valence electrons. The molecule has 0 spiro atoms. The minimum atomic E-state index is 0.290. The van der Waals surface area contributed by atoms with Gasteiger partial charge in [-0.2, -0.15) is 0 Å². The number of benzene rings is 1. The Bertz CT molecular complexity index is 294. The third-order valence-electron chi connectivity index (χ3n) is 2.38. The van der Waals surface area contributed by atoms with Gasteiger partial charge in [-0.15, -0.1) is 0 Å². The minimum absolute atomic E-state index is 0.290. The van der Waals surface area contributed by atoms with Crippen molar-refractivity contribution in [2.45, 2.75) is 33.1 Å². The maximum Gasteiger partial charge on any atom is 0.120 e. The van der Waals surface area contributed by atoms with E-state index >= 15 is 0 Å². The molecule has 0 fully saturated rings. The Labute approximate surface area is 79.4 Å². The number of rotatable bonds is 3. The molecule has 3 N–H and O–H groups in total. The van der Waals surface area contributed by atoms with E-state index in [9.17, 15) is 5.11 Å². The molecule has 0 aromatic heterocycles. The molecular weight excluding hydrogens is 162 g/mol. The maximum atomic E-state index is 9.37. The monoisotopic (exact) mass is 179 g/mol. The van der Waals surface area contributed by atoms with Crippen LogP contribution in [-0.4, -0.2) is 5.11 Å². The largest absolute Gasteiger partial charge is 0.508 e. The summed E-state index contributed by atoms with van der Waals surface area (Å²) in [4.78, 5) is 0. The Hall–Kier alpha value is -1.18. The fourth-order valence-corrected chi connectivity index (χ4v) is 1.36. The zero-order valence-electron chi connectivity index (χ0n) is 8.30. The van der Waals surface area contributed by atoms with Crippen molar-refractivity contribution in [2.24, 2.45) is 0 Å². The summed E-state index contributed by atoms with van der Waals surface area (Å²) >= 11 is 0. The molecule has 0 aliphatic rings. The van der Waals surface area contributed by atoms with Gasteiger partial charge in [-0.25, -0.2) is 0 Å². The van der Waals surface area contributed by atoms with Crippen LogP contribution in [0, 0.1) is 6.92 Å². The lowest BCUT2D eigenvalue weighted by molar-refractivity contribution is 0.471. The molecular formula is C11H17NO. The molecule has 0 amide bonds. The second kappa shape index (κ2) is 4.17. The molecule has 0 radical (unpaired) electrons. The SMILES string of the molecule is CCCCc1ccc(O)c(C)c1N. The highest BCUT2D eigenvalue weighted by molar-refractivity contribution is 5.58. The minimum Gasteiger partial charge on any atom is -0.508 e. The van der Waals surface area contributed by atoms with Gasteiger partial charge in [0.15, 0.2) is 0 Å². The van der Waals surface area contributed by atoms with Crippen molar-refractivity contribution in [1.29, 1.82) is 0 Å². The van der Waals surface area contributed by atoms with Crippen LogP contribution in [0.2, 0.25) is 0 Å². The first kappa shape index (κ1) is 9.90. The van der Waals surface area contributed by atoms with Crippen molar-refractivity contribution < 1.29 is 5.11 Å². The van der Waals surface area contributed by atoms with E-state index < -0.39 is 0 Å². The zero-order valence-corrected chi connectivity index (χ0v) is 8.30. The van der Waals surface area contributed by atoms with Crippen LogP contribution in [0.1, 0.15) is 30.9 Å². The Morgan fingerprint density at radius 3 is 2.69 bits per heavy atom. The summed E-state index contributed by atoms with van der Waals surface area (Å²) in [6.07, 6.45) is 3.32. The van der Waals surface area contributed by atoms with Crippen LogP contribution in [0.3, 0.4) is 0 Å². The van der Waals surface area contributed by atoms with Gasteiger partial charge >= 0.3 is 0 Å². The molecule has 1 aromatic rings. The molecule has 0 saturated carbocycles. The second-order valence-corrected chi connectivity index (χ2v) is 3.39. The summed E-state index contributed by atoms with van der Waals surface area (Å²) in [7, 11) is 0. The summed E-state index contributed by atoms with van der Waals surface area (Å²) in [5, 5.41) is 9.37. The maximum absolute atomic E-state index is 9.37. The van der Waals surface area contributed by atoms with Crippen molar-refractivity contribution in [3.8, 4) is 5.75 Å². The number of aryl methyl sites for hydroxylation is 1. The van der Waals surface area contributed by atoms with Gasteiger partial charge in [-0.05, 0) is 31.4 Å². The molecule has 0 atom stereocenters. The topological polar surface area (TPSA) is 46.2 Å². The van der Waals surface area contributed by atoms with Gasteiger partial charge in [0, 0.05) is 11.3 Å². The average molecular weight is 179 g/mol. The van der Waals surface area contributed by atoms with Gasteiger partial charge in [0.2, 0.25) is 0 Å². The molecule has 1 rings (SSSR count). The van der Waals surface area contributed by atoms with E-state index in [1.807, 2.05) is 13.0 Å². The molecule has 0 aliphatic heterocycles. The number of aromatic hydroxyl groups is 1. The Morgan fingerprint density at radius 1 is 1.38 bits per heavy atom. The molecule has 0 heterocycles. The van der Waals surface area contributed by atoms with Crippen molar-refractivity contribution in [3.05, 3.63) is 23.3 Å². The number of unbranched alkanes of at least 4 members (excludes halogenated alkanes) is 1. The number of nitrogens with two attached hydrogens (primary N) is 1. The number of anilines is 1. The first-order valence-corrected chi connectivity index (χ1v) is 4.73. The summed E-state index contributed by atoms with van der Waals surface area (Å²) in [5.74, 6) is 0.290. The zero-order chi connectivity index (χ0) is 9.84. The Balaban J connectivity index is 2.90. The third-order valence-corrected chi connectivity index (χ3v) is 2.38. The molecule has 0 bridgehead atoms. The van der Waals surface area contributed by atoms with Crippen LogP contribution in [0.25, 0.3) is 0 Å². The number of phenols is 1. The lowest BCUT2D eigenvalue weighted by Gasteiger charge is -2.09. The Kier molecular flexibility index (Phi) is 3.18. The summed E-state index contributed by atoms with van der Waals surface area (Å²) < 4.78 is 0. The fraction of sp³-hybridized carbons (Fsp3) is 0.455. The van der Waals surface area contributed by atoms with E-state index in [1.54, 1.807) is 6.07 Å². The van der Waals surface area contributed by atoms with Gasteiger partial charge < -0.3 is 10.8 Å². The molecule has 0 unspecified atom stereocenters. The number of phenolic OH excluding ortho intramolecular Hbond substituents is 1. The average Bonchev–Trinajstić information content (AvgIpc) is 2.13. The van der Waals surface area contributed by atoms with Crippen LogP contribution in [0.5, 0.6) is 5.75 Å². The van der Waals surface area contributed by atoms with Crippen molar-refractivity contribution in [2.75, 3.05) is 5.73 Å². The van der Waals surface area contributed by atoms with Crippen LogP contribution in [0.4, 0.5) is 5.69 Å². The summed E-state index contributed by atoms with van der Waals surface area (Å²) in [5.41, 5.74) is 8.56. The lowest BCUT2D eigenvalue weighted by Crippen LogP contribution is -1.97. The summed E-state index contributed by atoms with van der Waals surface area (Å²) in [6, 6.07) is 3.63. The molecule has 0 saturated heterocycles. The lowest BCUT2D eigenvalue weighted by atomic mass is 10.0. The molecule has 2 heteroatoms. The van der Waals surface area contributed by atoms with Gasteiger partial charge in [-0.1, -0.05) is 19.4 Å². The van der Waals surface area contributed by atoms with Crippen LogP contribution >= 0.6 is 0 Å². The van der Waals surface area contributed by atoms with Gasteiger partial charge in [0.1, 0.15) is 5.75 Å². The molecule has 13 heavy (non-hydrogen) atoms. The predicted octanol–water partition coefficient (Wildman–Crippen LogP) is 2.63. The van der Waals surface area contributed by atoms with Gasteiger partial charge in [0.25, 0.3) is 0 Å². The normalized spacial score (nSPS) is 10.3. The van der Waals surface area contributed by atoms with E-state index in [0.717, 1.165) is 29.7 Å². The number of nitrogen functional groups attached to an aromatic ring is 1. The number of hydrogen-bond acceptors (Lipinski definition) is 2. The van der Waals surface area contributed by atoms with Crippen molar-refractivity contribution in [3.63, 3.8) is 0 Å². The third kappa shape index (κ3) is 2.14. The van der Waals surface area contributed by atoms with Crippen LogP contribution < -0.4 is 5.73 Å². The fourth-order valence-electron chi connectivity index (χ4n) is 1.36. The Morgan fingerprint density at radius 2 is 2.08 bits per heavy atom.